The minimum absolute atomic E-state index is 0.0656. The summed E-state index contributed by atoms with van der Waals surface area (Å²) in [6.45, 7) is 5.21. The zero-order valence-electron chi connectivity index (χ0n) is 17.8. The van der Waals surface area contributed by atoms with Crippen molar-refractivity contribution in [3.8, 4) is 5.75 Å². The van der Waals surface area contributed by atoms with Crippen molar-refractivity contribution in [2.24, 2.45) is 0 Å². The second kappa shape index (κ2) is 9.75. The van der Waals surface area contributed by atoms with Crippen LogP contribution >= 0.6 is 0 Å². The van der Waals surface area contributed by atoms with Gasteiger partial charge in [-0.25, -0.2) is 9.67 Å². The molecule has 1 aliphatic heterocycles. The Morgan fingerprint density at radius 2 is 1.87 bits per heavy atom. The van der Waals surface area contributed by atoms with Gasteiger partial charge < -0.3 is 14.8 Å². The molecule has 7 heteroatoms. The summed E-state index contributed by atoms with van der Waals surface area (Å²) in [5.74, 6) is 0.799. The van der Waals surface area contributed by atoms with Crippen LogP contribution in [0, 0.1) is 0 Å². The highest BCUT2D eigenvalue weighted by molar-refractivity contribution is 5.94. The van der Waals surface area contributed by atoms with Crippen molar-refractivity contribution in [2.45, 2.75) is 31.7 Å². The highest BCUT2D eigenvalue weighted by Gasteiger charge is 2.35. The molecule has 1 saturated heterocycles. The smallest absolute Gasteiger partial charge is 0.251 e. The summed E-state index contributed by atoms with van der Waals surface area (Å²) in [4.78, 5) is 16.8. The number of carbonyl (C=O) groups excluding carboxylic acids is 1. The Bertz CT molecular complexity index is 963. The van der Waals surface area contributed by atoms with Gasteiger partial charge >= 0.3 is 0 Å². The number of nitrogens with one attached hydrogen (secondary N) is 1. The van der Waals surface area contributed by atoms with Crippen LogP contribution in [0.4, 0.5) is 0 Å². The molecule has 31 heavy (non-hydrogen) atoms. The average molecular weight is 421 g/mol. The number of aromatic nitrogens is 3. The molecule has 2 heterocycles. The standard InChI is InChI=1S/C24H28N4O3/c1-2-31-22-9-7-21(8-10-22)24(11-13-30-14-12-24)16-26-23(29)20-5-3-19(4-6-20)15-28-18-25-17-27-28/h3-10,17-18H,2,11-16H2,1H3,(H,26,29). The van der Waals surface area contributed by atoms with Gasteiger partial charge in [-0.05, 0) is 55.2 Å². The molecule has 0 spiro atoms. The molecule has 1 amide bonds. The van der Waals surface area contributed by atoms with E-state index in [0.717, 1.165) is 24.2 Å². The Hall–Kier alpha value is -3.19. The van der Waals surface area contributed by atoms with Crippen LogP contribution in [0.5, 0.6) is 5.75 Å². The molecule has 4 rings (SSSR count). The van der Waals surface area contributed by atoms with Crippen molar-refractivity contribution >= 4 is 5.91 Å². The van der Waals surface area contributed by atoms with E-state index in [4.69, 9.17) is 9.47 Å². The second-order valence-electron chi connectivity index (χ2n) is 7.82. The molecule has 7 nitrogen and oxygen atoms in total. The number of amides is 1. The predicted octanol–water partition coefficient (Wildman–Crippen LogP) is 3.20. The molecule has 0 bridgehead atoms. The Balaban J connectivity index is 1.42. The number of hydrogen-bond donors (Lipinski definition) is 1. The first kappa shape index (κ1) is 21.1. The van der Waals surface area contributed by atoms with Crippen LogP contribution in [0.25, 0.3) is 0 Å². The lowest BCUT2D eigenvalue weighted by molar-refractivity contribution is 0.0487. The van der Waals surface area contributed by atoms with Gasteiger partial charge in [0.2, 0.25) is 0 Å². The Morgan fingerprint density at radius 3 is 2.52 bits per heavy atom. The summed E-state index contributed by atoms with van der Waals surface area (Å²) in [6, 6.07) is 15.9. The van der Waals surface area contributed by atoms with Crippen molar-refractivity contribution < 1.29 is 14.3 Å². The van der Waals surface area contributed by atoms with Crippen LogP contribution in [0.15, 0.2) is 61.2 Å². The lowest BCUT2D eigenvalue weighted by Crippen LogP contribution is -2.44. The van der Waals surface area contributed by atoms with Crippen LogP contribution in [-0.4, -0.2) is 47.0 Å². The molecule has 0 radical (unpaired) electrons. The van der Waals surface area contributed by atoms with E-state index in [-0.39, 0.29) is 11.3 Å². The summed E-state index contributed by atoms with van der Waals surface area (Å²) >= 11 is 0. The second-order valence-corrected chi connectivity index (χ2v) is 7.82. The van der Waals surface area contributed by atoms with Crippen LogP contribution in [0.3, 0.4) is 0 Å². The molecule has 3 aromatic rings. The van der Waals surface area contributed by atoms with E-state index in [2.05, 4.69) is 27.5 Å². The molecule has 2 aromatic carbocycles. The van der Waals surface area contributed by atoms with Crippen molar-refractivity contribution in [1.29, 1.82) is 0 Å². The molecule has 1 aromatic heterocycles. The summed E-state index contributed by atoms with van der Waals surface area (Å²) < 4.78 is 12.9. The van der Waals surface area contributed by atoms with Gasteiger partial charge in [-0.2, -0.15) is 5.10 Å². The van der Waals surface area contributed by atoms with Crippen molar-refractivity contribution in [2.75, 3.05) is 26.4 Å². The normalized spacial score (nSPS) is 15.4. The quantitative estimate of drug-likeness (QED) is 0.606. The van der Waals surface area contributed by atoms with E-state index in [9.17, 15) is 4.79 Å². The first-order valence-electron chi connectivity index (χ1n) is 10.7. The topological polar surface area (TPSA) is 78.3 Å². The molecular weight excluding hydrogens is 392 g/mol. The highest BCUT2D eigenvalue weighted by atomic mass is 16.5. The molecule has 1 fully saturated rings. The number of rotatable bonds is 8. The number of ether oxygens (including phenoxy) is 2. The molecule has 0 atom stereocenters. The molecule has 0 unspecified atom stereocenters. The Morgan fingerprint density at radius 1 is 1.13 bits per heavy atom. The van der Waals surface area contributed by atoms with E-state index in [1.165, 1.54) is 11.9 Å². The fourth-order valence-corrected chi connectivity index (χ4v) is 4.02. The van der Waals surface area contributed by atoms with Gasteiger partial charge in [-0.15, -0.1) is 0 Å². The summed E-state index contributed by atoms with van der Waals surface area (Å²) in [7, 11) is 0. The maximum atomic E-state index is 12.8. The van der Waals surface area contributed by atoms with E-state index >= 15 is 0 Å². The molecule has 1 N–H and O–H groups in total. The van der Waals surface area contributed by atoms with E-state index < -0.39 is 0 Å². The first-order chi connectivity index (χ1) is 15.2. The largest absolute Gasteiger partial charge is 0.494 e. The minimum atomic E-state index is -0.133. The third-order valence-corrected chi connectivity index (χ3v) is 5.84. The third kappa shape index (κ3) is 5.11. The summed E-state index contributed by atoms with van der Waals surface area (Å²) in [5, 5.41) is 7.27. The lowest BCUT2D eigenvalue weighted by Gasteiger charge is -2.38. The summed E-state index contributed by atoms with van der Waals surface area (Å²) in [5.41, 5.74) is 2.79. The minimum Gasteiger partial charge on any atom is -0.494 e. The van der Waals surface area contributed by atoms with E-state index in [1.807, 2.05) is 43.3 Å². The van der Waals surface area contributed by atoms with Gasteiger partial charge in [0.05, 0.1) is 13.2 Å². The predicted molar refractivity (Wildman–Crippen MR) is 117 cm³/mol. The van der Waals surface area contributed by atoms with Crippen molar-refractivity contribution in [3.05, 3.63) is 77.9 Å². The molecule has 0 aliphatic carbocycles. The number of hydrogen-bond acceptors (Lipinski definition) is 5. The fourth-order valence-electron chi connectivity index (χ4n) is 4.02. The number of carbonyl (C=O) groups is 1. The van der Waals surface area contributed by atoms with Gasteiger partial charge in [0.25, 0.3) is 5.91 Å². The van der Waals surface area contributed by atoms with Crippen LogP contribution in [0.2, 0.25) is 0 Å². The third-order valence-electron chi connectivity index (χ3n) is 5.84. The van der Waals surface area contributed by atoms with Crippen molar-refractivity contribution in [1.82, 2.24) is 20.1 Å². The highest BCUT2D eigenvalue weighted by Crippen LogP contribution is 2.35. The van der Waals surface area contributed by atoms with Crippen LogP contribution in [0.1, 0.15) is 41.3 Å². The number of nitrogens with zero attached hydrogens (tertiary/aromatic N) is 3. The van der Waals surface area contributed by atoms with Gasteiger partial charge in [0, 0.05) is 30.7 Å². The molecular formula is C24H28N4O3. The SMILES string of the molecule is CCOc1ccc(C2(CNC(=O)c3ccc(Cn4cncn4)cc3)CCOCC2)cc1. The molecule has 1 aliphatic rings. The van der Waals surface area contributed by atoms with E-state index in [1.54, 1.807) is 11.0 Å². The number of benzene rings is 2. The summed E-state index contributed by atoms with van der Waals surface area (Å²) in [6.07, 6.45) is 4.93. The van der Waals surface area contributed by atoms with Crippen LogP contribution < -0.4 is 10.1 Å². The first-order valence-corrected chi connectivity index (χ1v) is 10.7. The lowest BCUT2D eigenvalue weighted by atomic mass is 9.74. The Labute approximate surface area is 182 Å². The van der Waals surface area contributed by atoms with Gasteiger partial charge in [0.1, 0.15) is 18.4 Å². The fraction of sp³-hybridized carbons (Fsp3) is 0.375. The zero-order valence-corrected chi connectivity index (χ0v) is 17.8. The molecule has 0 saturated carbocycles. The van der Waals surface area contributed by atoms with E-state index in [0.29, 0.717) is 38.5 Å². The maximum absolute atomic E-state index is 12.8. The van der Waals surface area contributed by atoms with Crippen molar-refractivity contribution in [3.63, 3.8) is 0 Å². The van der Waals surface area contributed by atoms with Crippen LogP contribution in [-0.2, 0) is 16.7 Å². The Kier molecular flexibility index (Phi) is 6.62. The monoisotopic (exact) mass is 420 g/mol. The van der Waals surface area contributed by atoms with Gasteiger partial charge in [-0.3, -0.25) is 4.79 Å². The van der Waals surface area contributed by atoms with Gasteiger partial charge in [0.15, 0.2) is 0 Å². The average Bonchev–Trinajstić information content (AvgIpc) is 3.32. The zero-order chi connectivity index (χ0) is 21.5. The maximum Gasteiger partial charge on any atom is 0.251 e. The molecule has 162 valence electrons. The van der Waals surface area contributed by atoms with Gasteiger partial charge in [-0.1, -0.05) is 24.3 Å².